The van der Waals surface area contributed by atoms with E-state index in [-0.39, 0.29) is 12.6 Å². The van der Waals surface area contributed by atoms with Crippen LogP contribution in [0, 0.1) is 0 Å². The van der Waals surface area contributed by atoms with Crippen LogP contribution in [0.5, 0.6) is 0 Å². The maximum absolute atomic E-state index is 12.1. The number of hydrogen-bond donors (Lipinski definition) is 2. The quantitative estimate of drug-likeness (QED) is 0.772. The first-order valence-electron chi connectivity index (χ1n) is 5.41. The van der Waals surface area contributed by atoms with E-state index >= 15 is 0 Å². The lowest BCUT2D eigenvalue weighted by atomic mass is 9.84. The summed E-state index contributed by atoms with van der Waals surface area (Å²) < 4.78 is 36.4. The minimum Gasteiger partial charge on any atom is -0.394 e. The van der Waals surface area contributed by atoms with Gasteiger partial charge < -0.3 is 15.3 Å². The van der Waals surface area contributed by atoms with E-state index < -0.39 is 18.3 Å². The zero-order chi connectivity index (χ0) is 12.4. The van der Waals surface area contributed by atoms with Gasteiger partial charge in [0.15, 0.2) is 0 Å². The lowest BCUT2D eigenvalue weighted by molar-refractivity contribution is -0.132. The minimum absolute atomic E-state index is 0.182. The Bertz CT molecular complexity index is 235. The number of halogens is 3. The maximum atomic E-state index is 12.1. The van der Waals surface area contributed by atoms with Crippen LogP contribution in [0.1, 0.15) is 19.8 Å². The predicted octanol–water partition coefficient (Wildman–Crippen LogP) is 0.983. The third kappa shape index (κ3) is 3.61. The molecule has 0 saturated carbocycles. The van der Waals surface area contributed by atoms with Crippen LogP contribution in [0.3, 0.4) is 0 Å². The summed E-state index contributed by atoms with van der Waals surface area (Å²) in [5, 5.41) is 11.8. The zero-order valence-corrected chi connectivity index (χ0v) is 9.64. The molecule has 2 unspecified atom stereocenters. The molecule has 0 bridgehead atoms. The largest absolute Gasteiger partial charge is 0.401 e. The van der Waals surface area contributed by atoms with E-state index in [2.05, 4.69) is 10.2 Å². The van der Waals surface area contributed by atoms with Crippen molar-refractivity contribution < 1.29 is 18.3 Å². The molecule has 1 saturated heterocycles. The van der Waals surface area contributed by atoms with E-state index in [9.17, 15) is 18.3 Å². The number of piperidine rings is 1. The van der Waals surface area contributed by atoms with E-state index in [1.807, 2.05) is 14.0 Å². The first-order valence-corrected chi connectivity index (χ1v) is 5.41. The van der Waals surface area contributed by atoms with Crippen LogP contribution in [0.4, 0.5) is 13.2 Å². The van der Waals surface area contributed by atoms with Crippen molar-refractivity contribution in [3.63, 3.8) is 0 Å². The van der Waals surface area contributed by atoms with Gasteiger partial charge in [-0.3, -0.25) is 0 Å². The molecule has 96 valence electrons. The number of nitrogens with zero attached hydrogens (tertiary/aromatic N) is 1. The number of hydrogen-bond acceptors (Lipinski definition) is 3. The molecule has 0 radical (unpaired) electrons. The molecule has 1 heterocycles. The molecular weight excluding hydrogens is 221 g/mol. The Morgan fingerprint density at radius 2 is 2.12 bits per heavy atom. The molecule has 6 heteroatoms. The monoisotopic (exact) mass is 240 g/mol. The molecule has 1 aliphatic heterocycles. The molecule has 0 aromatic carbocycles. The highest BCUT2D eigenvalue weighted by molar-refractivity contribution is 4.95. The molecule has 0 aromatic rings. The Labute approximate surface area is 93.6 Å². The molecule has 1 aliphatic rings. The van der Waals surface area contributed by atoms with Crippen LogP contribution in [0.15, 0.2) is 0 Å². The highest BCUT2D eigenvalue weighted by Crippen LogP contribution is 2.26. The van der Waals surface area contributed by atoms with Gasteiger partial charge in [0.25, 0.3) is 0 Å². The highest BCUT2D eigenvalue weighted by atomic mass is 19.4. The SMILES string of the molecule is CC1CC(CO)(NCC(F)(F)F)CCN1C. The average molecular weight is 240 g/mol. The number of nitrogens with one attached hydrogen (secondary N) is 1. The molecule has 3 nitrogen and oxygen atoms in total. The van der Waals surface area contributed by atoms with Crippen molar-refractivity contribution in [1.82, 2.24) is 10.2 Å². The topological polar surface area (TPSA) is 35.5 Å². The second-order valence-electron chi connectivity index (χ2n) is 4.69. The normalized spacial score (nSPS) is 33.0. The summed E-state index contributed by atoms with van der Waals surface area (Å²) in [7, 11) is 1.94. The fourth-order valence-corrected chi connectivity index (χ4v) is 2.08. The number of alkyl halides is 3. The van der Waals surface area contributed by atoms with E-state index in [1.165, 1.54) is 0 Å². The summed E-state index contributed by atoms with van der Waals surface area (Å²) in [6.07, 6.45) is -3.15. The van der Waals surface area contributed by atoms with Crippen molar-refractivity contribution >= 4 is 0 Å². The van der Waals surface area contributed by atoms with Crippen molar-refractivity contribution in [3.8, 4) is 0 Å². The number of likely N-dealkylation sites (tertiary alicyclic amines) is 1. The molecule has 2 N–H and O–H groups in total. The number of aliphatic hydroxyl groups is 1. The first kappa shape index (κ1) is 13.7. The first-order chi connectivity index (χ1) is 7.28. The molecule has 16 heavy (non-hydrogen) atoms. The zero-order valence-electron chi connectivity index (χ0n) is 9.64. The highest BCUT2D eigenvalue weighted by Gasteiger charge is 2.39. The van der Waals surface area contributed by atoms with Crippen molar-refractivity contribution in [2.75, 3.05) is 26.7 Å². The maximum Gasteiger partial charge on any atom is 0.401 e. The van der Waals surface area contributed by atoms with E-state index in [4.69, 9.17) is 0 Å². The van der Waals surface area contributed by atoms with Gasteiger partial charge in [0.05, 0.1) is 13.2 Å². The van der Waals surface area contributed by atoms with Gasteiger partial charge in [-0.15, -0.1) is 0 Å². The van der Waals surface area contributed by atoms with Gasteiger partial charge in [0.2, 0.25) is 0 Å². The summed E-state index contributed by atoms with van der Waals surface area (Å²) in [6.45, 7) is 1.37. The van der Waals surface area contributed by atoms with Gasteiger partial charge in [-0.25, -0.2) is 0 Å². The Balaban J connectivity index is 2.57. The fraction of sp³-hybridized carbons (Fsp3) is 1.00. The number of aliphatic hydroxyl groups excluding tert-OH is 1. The molecule has 0 aliphatic carbocycles. The lowest BCUT2D eigenvalue weighted by Gasteiger charge is -2.44. The molecule has 2 atom stereocenters. The summed E-state index contributed by atoms with van der Waals surface area (Å²) in [5.41, 5.74) is -0.776. The van der Waals surface area contributed by atoms with E-state index in [1.54, 1.807) is 0 Å². The third-order valence-electron chi connectivity index (χ3n) is 3.35. The van der Waals surface area contributed by atoms with Gasteiger partial charge in [-0.05, 0) is 33.4 Å². The smallest absolute Gasteiger partial charge is 0.394 e. The molecule has 1 fully saturated rings. The van der Waals surface area contributed by atoms with Crippen LogP contribution in [-0.2, 0) is 0 Å². The van der Waals surface area contributed by atoms with Crippen LogP contribution in [0.25, 0.3) is 0 Å². The van der Waals surface area contributed by atoms with Crippen LogP contribution in [0.2, 0.25) is 0 Å². The Hall–Kier alpha value is -0.330. The Morgan fingerprint density at radius 3 is 2.56 bits per heavy atom. The number of rotatable bonds is 3. The summed E-state index contributed by atoms with van der Waals surface area (Å²) >= 11 is 0. The predicted molar refractivity (Wildman–Crippen MR) is 55.2 cm³/mol. The standard InChI is InChI=1S/C10H19F3N2O/c1-8-5-9(7-16,3-4-15(8)2)14-6-10(11,12)13/h8,14,16H,3-7H2,1-2H3. The summed E-state index contributed by atoms with van der Waals surface area (Å²) in [6, 6.07) is 0.182. The molecule has 1 rings (SSSR count). The van der Waals surface area contributed by atoms with Gasteiger partial charge in [-0.2, -0.15) is 13.2 Å². The molecule has 0 spiro atoms. The van der Waals surface area contributed by atoms with Gasteiger partial charge in [0, 0.05) is 11.6 Å². The molecular formula is C10H19F3N2O. The average Bonchev–Trinajstić information content (AvgIpc) is 2.19. The minimum atomic E-state index is -4.23. The lowest BCUT2D eigenvalue weighted by Crippen LogP contribution is -2.59. The van der Waals surface area contributed by atoms with Crippen LogP contribution < -0.4 is 5.32 Å². The van der Waals surface area contributed by atoms with Crippen molar-refractivity contribution in [2.45, 2.75) is 37.5 Å². The van der Waals surface area contributed by atoms with E-state index in [0.29, 0.717) is 19.4 Å². The van der Waals surface area contributed by atoms with Crippen molar-refractivity contribution in [1.29, 1.82) is 0 Å². The third-order valence-corrected chi connectivity index (χ3v) is 3.35. The summed E-state index contributed by atoms with van der Waals surface area (Å²) in [4.78, 5) is 2.09. The molecule has 0 amide bonds. The van der Waals surface area contributed by atoms with Gasteiger partial charge in [0.1, 0.15) is 0 Å². The fourth-order valence-electron chi connectivity index (χ4n) is 2.08. The van der Waals surface area contributed by atoms with Gasteiger partial charge >= 0.3 is 6.18 Å². The Morgan fingerprint density at radius 1 is 1.50 bits per heavy atom. The van der Waals surface area contributed by atoms with Crippen molar-refractivity contribution in [3.05, 3.63) is 0 Å². The summed E-state index contributed by atoms with van der Waals surface area (Å²) in [5.74, 6) is 0. The van der Waals surface area contributed by atoms with E-state index in [0.717, 1.165) is 0 Å². The second kappa shape index (κ2) is 4.89. The van der Waals surface area contributed by atoms with Crippen molar-refractivity contribution in [2.24, 2.45) is 0 Å². The second-order valence-corrected chi connectivity index (χ2v) is 4.69. The van der Waals surface area contributed by atoms with Gasteiger partial charge in [-0.1, -0.05) is 0 Å². The molecule has 0 aromatic heterocycles. The Kier molecular flexibility index (Phi) is 4.20. The van der Waals surface area contributed by atoms with Crippen LogP contribution in [-0.4, -0.2) is 54.5 Å². The van der Waals surface area contributed by atoms with Crippen LogP contribution >= 0.6 is 0 Å².